The number of nitrogens with zero attached hydrogens (tertiary/aromatic N) is 5. The lowest BCUT2D eigenvalue weighted by atomic mass is 10.0. The van der Waals surface area contributed by atoms with Crippen LogP contribution >= 0.6 is 0 Å². The van der Waals surface area contributed by atoms with E-state index in [9.17, 15) is 4.79 Å². The van der Waals surface area contributed by atoms with Gasteiger partial charge in [0.2, 0.25) is 0 Å². The fraction of sp³-hybridized carbons (Fsp3) is 0.455. The Bertz CT molecular complexity index is 993. The second kappa shape index (κ2) is 8.69. The Morgan fingerprint density at radius 3 is 2.97 bits per heavy atom. The molecule has 4 rings (SSSR count). The summed E-state index contributed by atoms with van der Waals surface area (Å²) in [5, 5.41) is 12.4. The molecule has 7 heteroatoms. The number of hydrogen-bond acceptors (Lipinski definition) is 5. The van der Waals surface area contributed by atoms with E-state index < -0.39 is 0 Å². The van der Waals surface area contributed by atoms with Gasteiger partial charge in [0.1, 0.15) is 0 Å². The number of pyridine rings is 1. The van der Waals surface area contributed by atoms with Crippen LogP contribution in [0.5, 0.6) is 0 Å². The summed E-state index contributed by atoms with van der Waals surface area (Å²) in [5.41, 5.74) is 2.74. The zero-order valence-electron chi connectivity index (χ0n) is 17.1. The number of benzene rings is 1. The molecule has 0 saturated carbocycles. The van der Waals surface area contributed by atoms with Crippen molar-refractivity contribution < 1.29 is 4.79 Å². The molecule has 1 fully saturated rings. The fourth-order valence-corrected chi connectivity index (χ4v) is 4.08. The number of rotatable bonds is 6. The van der Waals surface area contributed by atoms with Crippen molar-refractivity contribution in [2.75, 3.05) is 19.6 Å². The molecule has 1 unspecified atom stereocenters. The minimum absolute atomic E-state index is 0.173. The van der Waals surface area contributed by atoms with Crippen molar-refractivity contribution >= 4 is 16.8 Å². The van der Waals surface area contributed by atoms with Crippen LogP contribution in [-0.2, 0) is 0 Å². The summed E-state index contributed by atoms with van der Waals surface area (Å²) in [6, 6.07) is 10.5. The van der Waals surface area contributed by atoms with Crippen molar-refractivity contribution in [1.29, 1.82) is 0 Å². The molecular weight excluding hydrogens is 364 g/mol. The maximum Gasteiger partial charge on any atom is 0.273 e. The molecule has 2 aromatic heterocycles. The van der Waals surface area contributed by atoms with Crippen molar-refractivity contribution in [3.05, 3.63) is 47.9 Å². The van der Waals surface area contributed by atoms with Crippen molar-refractivity contribution in [3.63, 3.8) is 0 Å². The first-order valence-corrected chi connectivity index (χ1v) is 10.4. The van der Waals surface area contributed by atoms with Gasteiger partial charge < -0.3 is 10.2 Å². The van der Waals surface area contributed by atoms with Crippen molar-refractivity contribution in [2.24, 2.45) is 0 Å². The highest BCUT2D eigenvalue weighted by molar-refractivity contribution is 5.93. The van der Waals surface area contributed by atoms with Crippen molar-refractivity contribution in [1.82, 2.24) is 30.2 Å². The number of carbonyl (C=O) groups is 1. The van der Waals surface area contributed by atoms with Crippen LogP contribution in [-0.4, -0.2) is 56.5 Å². The van der Waals surface area contributed by atoms with Gasteiger partial charge >= 0.3 is 0 Å². The van der Waals surface area contributed by atoms with Gasteiger partial charge in [0.25, 0.3) is 5.91 Å². The quantitative estimate of drug-likeness (QED) is 0.653. The van der Waals surface area contributed by atoms with E-state index >= 15 is 0 Å². The lowest BCUT2D eigenvalue weighted by Gasteiger charge is -2.33. The van der Waals surface area contributed by atoms with Gasteiger partial charge in [-0.2, -0.15) is 0 Å². The van der Waals surface area contributed by atoms with E-state index in [1.54, 1.807) is 10.9 Å². The van der Waals surface area contributed by atoms with Crippen LogP contribution < -0.4 is 5.32 Å². The van der Waals surface area contributed by atoms with E-state index in [0.29, 0.717) is 24.0 Å². The zero-order valence-corrected chi connectivity index (χ0v) is 17.1. The summed E-state index contributed by atoms with van der Waals surface area (Å²) in [5.74, 6) is -0.173. The maximum atomic E-state index is 12.6. The lowest BCUT2D eigenvalue weighted by molar-refractivity contribution is 0.0943. The number of carbonyl (C=O) groups excluding carboxylic acids is 1. The summed E-state index contributed by atoms with van der Waals surface area (Å²) in [6.45, 7) is 6.99. The van der Waals surface area contributed by atoms with E-state index in [-0.39, 0.29) is 5.91 Å². The lowest BCUT2D eigenvalue weighted by Crippen LogP contribution is -2.39. The summed E-state index contributed by atoms with van der Waals surface area (Å²) in [4.78, 5) is 19.6. The van der Waals surface area contributed by atoms with Crippen LogP contribution in [0, 0.1) is 6.92 Å². The molecular formula is C22H28N6O. The Kier molecular flexibility index (Phi) is 5.85. The first-order chi connectivity index (χ1) is 14.1. The normalized spacial score (nSPS) is 17.5. The molecule has 0 aliphatic carbocycles. The highest BCUT2D eigenvalue weighted by atomic mass is 16.2. The molecule has 152 valence electrons. The second-order valence-electron chi connectivity index (χ2n) is 7.78. The largest absolute Gasteiger partial charge is 0.351 e. The first-order valence-electron chi connectivity index (χ1n) is 10.4. The number of aromatic nitrogens is 4. The third kappa shape index (κ3) is 4.15. The van der Waals surface area contributed by atoms with Gasteiger partial charge in [-0.1, -0.05) is 29.8 Å². The predicted molar refractivity (Wildman–Crippen MR) is 113 cm³/mol. The van der Waals surface area contributed by atoms with Gasteiger partial charge in [-0.25, -0.2) is 4.68 Å². The molecule has 3 heterocycles. The molecule has 1 aliphatic rings. The average Bonchev–Trinajstić information content (AvgIpc) is 3.13. The SMILES string of the molecule is Cc1c(C(=O)NCCCN2CCCCC2C)nnn1-c1cccc2cccnc12. The number of para-hydroxylation sites is 1. The van der Waals surface area contributed by atoms with E-state index in [1.807, 2.05) is 37.3 Å². The smallest absolute Gasteiger partial charge is 0.273 e. The summed E-state index contributed by atoms with van der Waals surface area (Å²) in [7, 11) is 0. The molecule has 0 spiro atoms. The van der Waals surface area contributed by atoms with Crippen LogP contribution in [0.4, 0.5) is 0 Å². The fourth-order valence-electron chi connectivity index (χ4n) is 4.08. The molecule has 29 heavy (non-hydrogen) atoms. The predicted octanol–water partition coefficient (Wildman–Crippen LogP) is 3.12. The third-order valence-corrected chi connectivity index (χ3v) is 5.80. The van der Waals surface area contributed by atoms with Crippen molar-refractivity contribution in [2.45, 2.75) is 45.6 Å². The summed E-state index contributed by atoms with van der Waals surface area (Å²) >= 11 is 0. The molecule has 3 aromatic rings. The van der Waals surface area contributed by atoms with E-state index in [4.69, 9.17) is 0 Å². The first kappa shape index (κ1) is 19.5. The van der Waals surface area contributed by atoms with Gasteiger partial charge in [0, 0.05) is 30.7 Å². The van der Waals surface area contributed by atoms with Crippen LogP contribution in [0.1, 0.15) is 48.8 Å². The standard InChI is InChI=1S/C22H28N6O/c1-16-8-3-4-14-27(16)15-7-13-24-22(29)20-17(2)28(26-25-20)19-11-5-9-18-10-6-12-23-21(18)19/h5-6,9-12,16H,3-4,7-8,13-15H2,1-2H3,(H,24,29). The molecule has 1 atom stereocenters. The highest BCUT2D eigenvalue weighted by Crippen LogP contribution is 2.21. The van der Waals surface area contributed by atoms with Gasteiger partial charge in [0.15, 0.2) is 5.69 Å². The molecule has 7 nitrogen and oxygen atoms in total. The maximum absolute atomic E-state index is 12.6. The van der Waals surface area contributed by atoms with Crippen LogP contribution in [0.3, 0.4) is 0 Å². The summed E-state index contributed by atoms with van der Waals surface area (Å²) < 4.78 is 1.69. The Morgan fingerprint density at radius 2 is 2.10 bits per heavy atom. The monoisotopic (exact) mass is 392 g/mol. The van der Waals surface area contributed by atoms with E-state index in [0.717, 1.165) is 29.6 Å². The van der Waals surface area contributed by atoms with Gasteiger partial charge in [-0.3, -0.25) is 9.78 Å². The number of nitrogens with one attached hydrogen (secondary N) is 1. The van der Waals surface area contributed by atoms with Crippen LogP contribution in [0.15, 0.2) is 36.5 Å². The zero-order chi connectivity index (χ0) is 20.2. The average molecular weight is 393 g/mol. The Labute approximate surface area is 171 Å². The number of piperidine rings is 1. The molecule has 0 bridgehead atoms. The van der Waals surface area contributed by atoms with E-state index in [1.165, 1.54) is 25.8 Å². The highest BCUT2D eigenvalue weighted by Gasteiger charge is 2.20. The minimum atomic E-state index is -0.173. The molecule has 1 N–H and O–H groups in total. The van der Waals surface area contributed by atoms with Crippen LogP contribution in [0.2, 0.25) is 0 Å². The number of amides is 1. The molecule has 1 aliphatic heterocycles. The topological polar surface area (TPSA) is 75.9 Å². The van der Waals surface area contributed by atoms with Crippen LogP contribution in [0.25, 0.3) is 16.6 Å². The molecule has 0 radical (unpaired) electrons. The number of likely N-dealkylation sites (tertiary alicyclic amines) is 1. The molecule has 1 amide bonds. The Morgan fingerprint density at radius 1 is 1.24 bits per heavy atom. The molecule has 1 saturated heterocycles. The van der Waals surface area contributed by atoms with E-state index in [2.05, 4.69) is 32.4 Å². The Balaban J connectivity index is 1.41. The second-order valence-corrected chi connectivity index (χ2v) is 7.78. The van der Waals surface area contributed by atoms with Gasteiger partial charge in [0.05, 0.1) is 16.9 Å². The third-order valence-electron chi connectivity index (χ3n) is 5.80. The number of hydrogen-bond donors (Lipinski definition) is 1. The number of fused-ring (bicyclic) bond motifs is 1. The van der Waals surface area contributed by atoms with Crippen molar-refractivity contribution in [3.8, 4) is 5.69 Å². The van der Waals surface area contributed by atoms with Gasteiger partial charge in [-0.15, -0.1) is 5.10 Å². The molecule has 1 aromatic carbocycles. The minimum Gasteiger partial charge on any atom is -0.351 e. The Hall–Kier alpha value is -2.80. The summed E-state index contributed by atoms with van der Waals surface area (Å²) in [6.07, 6.45) is 6.58. The van der Waals surface area contributed by atoms with Gasteiger partial charge in [-0.05, 0) is 51.8 Å².